The molecule has 9 nitrogen and oxygen atoms in total. The molecule has 0 heterocycles. The lowest BCUT2D eigenvalue weighted by Crippen LogP contribution is -2.42. The van der Waals surface area contributed by atoms with Crippen molar-refractivity contribution in [1.82, 2.24) is 5.32 Å². The Morgan fingerprint density at radius 3 is 2.46 bits per heavy atom. The maximum Gasteiger partial charge on any atom is 0.408 e. The fourth-order valence-corrected chi connectivity index (χ4v) is 3.48. The van der Waals surface area contributed by atoms with E-state index in [2.05, 4.69) is 10.1 Å². The summed E-state index contributed by atoms with van der Waals surface area (Å²) in [7, 11) is -2.52. The number of carbonyl (C=O) groups excluding carboxylic acids is 3. The molecule has 1 aromatic carbocycles. The second-order valence-corrected chi connectivity index (χ2v) is 8.17. The highest BCUT2D eigenvalue weighted by molar-refractivity contribution is 7.58. The molecule has 0 radical (unpaired) electrons. The highest BCUT2D eigenvalue weighted by Crippen LogP contribution is 2.41. The third-order valence-electron chi connectivity index (χ3n) is 3.47. The predicted molar refractivity (Wildman–Crippen MR) is 93.6 cm³/mol. The Labute approximate surface area is 151 Å². The average Bonchev–Trinajstić information content (AvgIpc) is 2.62. The zero-order chi connectivity index (χ0) is 19.6. The van der Waals surface area contributed by atoms with Crippen LogP contribution in [0.3, 0.4) is 0 Å². The molecule has 0 aliphatic rings. The van der Waals surface area contributed by atoms with Crippen molar-refractivity contribution in [3.8, 4) is 0 Å². The molecule has 26 heavy (non-hydrogen) atoms. The summed E-state index contributed by atoms with van der Waals surface area (Å²) >= 11 is 0. The molecule has 2 amide bonds. The Morgan fingerprint density at radius 2 is 1.88 bits per heavy atom. The first-order chi connectivity index (χ1) is 12.2. The minimum Gasteiger partial charge on any atom is -0.467 e. The van der Waals surface area contributed by atoms with Crippen LogP contribution in [0, 0.1) is 0 Å². The smallest absolute Gasteiger partial charge is 0.408 e. The van der Waals surface area contributed by atoms with Gasteiger partial charge in [0.2, 0.25) is 13.3 Å². The number of alkyl carbamates (subject to hydrolysis) is 1. The molecule has 2 atom stereocenters. The lowest BCUT2D eigenvalue weighted by Gasteiger charge is -2.18. The van der Waals surface area contributed by atoms with E-state index in [1.54, 1.807) is 24.3 Å². The van der Waals surface area contributed by atoms with Gasteiger partial charge in [0.15, 0.2) is 0 Å². The van der Waals surface area contributed by atoms with Crippen molar-refractivity contribution in [2.45, 2.75) is 25.5 Å². The van der Waals surface area contributed by atoms with Gasteiger partial charge in [0.1, 0.15) is 12.6 Å². The third-order valence-corrected chi connectivity index (χ3v) is 5.34. The van der Waals surface area contributed by atoms with Crippen LogP contribution in [0.15, 0.2) is 30.3 Å². The summed E-state index contributed by atoms with van der Waals surface area (Å²) in [5.41, 5.74) is 5.72. The lowest BCUT2D eigenvalue weighted by molar-refractivity contribution is -0.143. The number of hydrogen-bond acceptors (Lipinski definition) is 6. The van der Waals surface area contributed by atoms with Crippen LogP contribution in [0.25, 0.3) is 0 Å². The molecule has 0 bridgehead atoms. The van der Waals surface area contributed by atoms with E-state index in [1.165, 1.54) is 0 Å². The van der Waals surface area contributed by atoms with Crippen molar-refractivity contribution in [3.05, 3.63) is 35.9 Å². The van der Waals surface area contributed by atoms with Crippen molar-refractivity contribution in [2.75, 3.05) is 19.4 Å². The Balaban J connectivity index is 2.55. The fraction of sp³-hybridized carbons (Fsp3) is 0.438. The second-order valence-electron chi connectivity index (χ2n) is 5.58. The van der Waals surface area contributed by atoms with Gasteiger partial charge in [0.25, 0.3) is 0 Å². The van der Waals surface area contributed by atoms with Crippen LogP contribution in [0.2, 0.25) is 0 Å². The minimum absolute atomic E-state index is 0.0116. The predicted octanol–water partition coefficient (Wildman–Crippen LogP) is 0.990. The molecule has 0 aliphatic carbocycles. The minimum atomic E-state index is -3.66. The van der Waals surface area contributed by atoms with Gasteiger partial charge in [0.05, 0.1) is 7.11 Å². The maximum absolute atomic E-state index is 12.0. The first-order valence-corrected chi connectivity index (χ1v) is 9.90. The zero-order valence-electron chi connectivity index (χ0n) is 14.4. The van der Waals surface area contributed by atoms with Crippen molar-refractivity contribution in [2.24, 2.45) is 5.73 Å². The number of benzene rings is 1. The van der Waals surface area contributed by atoms with Gasteiger partial charge in [-0.3, -0.25) is 9.36 Å². The molecule has 0 aromatic heterocycles. The van der Waals surface area contributed by atoms with Crippen LogP contribution in [-0.4, -0.2) is 48.3 Å². The van der Waals surface area contributed by atoms with E-state index in [1.807, 2.05) is 6.07 Å². The van der Waals surface area contributed by atoms with Gasteiger partial charge in [-0.05, 0) is 12.0 Å². The molecular formula is C16H23N2O7P. The first kappa shape index (κ1) is 21.7. The van der Waals surface area contributed by atoms with E-state index < -0.39 is 31.4 Å². The average molecular weight is 386 g/mol. The number of primary amides is 1. The molecule has 0 saturated heterocycles. The van der Waals surface area contributed by atoms with Crippen molar-refractivity contribution >= 4 is 25.3 Å². The van der Waals surface area contributed by atoms with Gasteiger partial charge < -0.3 is 25.4 Å². The van der Waals surface area contributed by atoms with Crippen LogP contribution < -0.4 is 11.1 Å². The topological polar surface area (TPSA) is 145 Å². The maximum atomic E-state index is 12.0. The van der Waals surface area contributed by atoms with E-state index in [4.69, 9.17) is 10.5 Å². The Morgan fingerprint density at radius 1 is 1.23 bits per heavy atom. The van der Waals surface area contributed by atoms with E-state index in [-0.39, 0.29) is 31.8 Å². The highest BCUT2D eigenvalue weighted by Gasteiger charge is 2.27. The quantitative estimate of drug-likeness (QED) is 0.401. The van der Waals surface area contributed by atoms with Gasteiger partial charge in [-0.25, -0.2) is 9.59 Å². The highest BCUT2D eigenvalue weighted by atomic mass is 31.2. The molecule has 4 N–H and O–H groups in total. The van der Waals surface area contributed by atoms with Gasteiger partial charge in [0, 0.05) is 18.7 Å². The second kappa shape index (κ2) is 10.6. The lowest BCUT2D eigenvalue weighted by atomic mass is 10.2. The summed E-state index contributed by atoms with van der Waals surface area (Å²) < 4.78 is 21.6. The van der Waals surface area contributed by atoms with Crippen LogP contribution in [0.1, 0.15) is 18.4 Å². The van der Waals surface area contributed by atoms with Crippen LogP contribution in [0.4, 0.5) is 4.79 Å². The van der Waals surface area contributed by atoms with Crippen molar-refractivity contribution < 1.29 is 33.3 Å². The summed E-state index contributed by atoms with van der Waals surface area (Å²) in [6, 6.07) is 7.80. The summed E-state index contributed by atoms with van der Waals surface area (Å²) in [5, 5.41) is 2.32. The van der Waals surface area contributed by atoms with E-state index in [9.17, 15) is 23.8 Å². The monoisotopic (exact) mass is 386 g/mol. The molecule has 144 valence electrons. The van der Waals surface area contributed by atoms with E-state index in [0.29, 0.717) is 0 Å². The van der Waals surface area contributed by atoms with E-state index in [0.717, 1.165) is 12.7 Å². The van der Waals surface area contributed by atoms with Gasteiger partial charge >= 0.3 is 12.1 Å². The Kier molecular flexibility index (Phi) is 8.81. The summed E-state index contributed by atoms with van der Waals surface area (Å²) in [4.78, 5) is 44.1. The van der Waals surface area contributed by atoms with Crippen molar-refractivity contribution in [1.29, 1.82) is 0 Å². The Bertz CT molecular complexity index is 666. The first-order valence-electron chi connectivity index (χ1n) is 7.87. The number of amides is 2. The number of rotatable bonds is 10. The summed E-state index contributed by atoms with van der Waals surface area (Å²) in [5.74, 6) is -1.46. The van der Waals surface area contributed by atoms with Gasteiger partial charge in [-0.1, -0.05) is 30.3 Å². The van der Waals surface area contributed by atoms with Crippen LogP contribution in [-0.2, 0) is 30.2 Å². The number of hydrogen-bond donors (Lipinski definition) is 3. The number of esters is 1. The molecule has 1 rings (SSSR count). The third kappa shape index (κ3) is 8.64. The fourth-order valence-electron chi connectivity index (χ4n) is 2.03. The molecule has 0 aliphatic heterocycles. The molecule has 0 spiro atoms. The molecule has 0 saturated carbocycles. The van der Waals surface area contributed by atoms with E-state index >= 15 is 0 Å². The van der Waals surface area contributed by atoms with Gasteiger partial charge in [-0.15, -0.1) is 0 Å². The zero-order valence-corrected chi connectivity index (χ0v) is 15.3. The number of nitrogens with two attached hydrogens (primary N) is 1. The summed E-state index contributed by atoms with van der Waals surface area (Å²) in [6.07, 6.45) is -1.79. The normalized spacial score (nSPS) is 13.9. The van der Waals surface area contributed by atoms with Crippen molar-refractivity contribution in [3.63, 3.8) is 0 Å². The summed E-state index contributed by atoms with van der Waals surface area (Å²) in [6.45, 7) is 0.0116. The molecule has 0 fully saturated rings. The Hall–Kier alpha value is -2.38. The molecule has 1 aromatic rings. The number of methoxy groups -OCH3 is 1. The largest absolute Gasteiger partial charge is 0.467 e. The van der Waals surface area contributed by atoms with Crippen LogP contribution in [0.5, 0.6) is 0 Å². The molecule has 10 heteroatoms. The van der Waals surface area contributed by atoms with Crippen LogP contribution >= 0.6 is 7.37 Å². The van der Waals surface area contributed by atoms with Gasteiger partial charge in [-0.2, -0.15) is 0 Å². The molecular weight excluding hydrogens is 363 g/mol. The SMILES string of the molecule is COC(=O)[C@H](CCP(=O)(O)CCC(N)=O)NC(=O)OCc1ccccc1. The molecule has 1 unspecified atom stereocenters. The number of carbonyl (C=O) groups is 3. The number of nitrogens with one attached hydrogen (secondary N) is 1. The standard InChI is InChI=1S/C16H23N2O7P/c1-24-15(20)13(7-9-26(22,23)10-8-14(17)19)18-16(21)25-11-12-5-3-2-4-6-12/h2-6,13H,7-11H2,1H3,(H2,17,19)(H,18,21)(H,22,23)/t13-/m0/s1. The number of ether oxygens (including phenoxy) is 2.